The molecule has 0 rings (SSSR count). The van der Waals surface area contributed by atoms with E-state index in [2.05, 4.69) is 34.6 Å². The Kier molecular flexibility index (Phi) is 32.2. The van der Waals surface area contributed by atoms with Gasteiger partial charge >= 0.3 is 17.9 Å². The number of rotatable bonds is 34. The van der Waals surface area contributed by atoms with Crippen molar-refractivity contribution in [1.29, 1.82) is 0 Å². The Labute approximate surface area is 285 Å². The van der Waals surface area contributed by atoms with Crippen LogP contribution in [0.2, 0.25) is 0 Å². The summed E-state index contributed by atoms with van der Waals surface area (Å²) in [5, 5.41) is 0. The molecule has 0 aromatic heterocycles. The number of esters is 3. The van der Waals surface area contributed by atoms with Gasteiger partial charge in [-0.3, -0.25) is 14.4 Å². The topological polar surface area (TPSA) is 78.9 Å². The molecule has 0 saturated carbocycles. The van der Waals surface area contributed by atoms with Gasteiger partial charge in [0.2, 0.25) is 0 Å². The number of carbonyl (C=O) groups excluding carboxylic acids is 3. The Morgan fingerprint density at radius 1 is 0.457 bits per heavy atom. The summed E-state index contributed by atoms with van der Waals surface area (Å²) in [5.41, 5.74) is 0. The van der Waals surface area contributed by atoms with Crippen molar-refractivity contribution in [1.82, 2.24) is 0 Å². The highest BCUT2D eigenvalue weighted by Crippen LogP contribution is 2.16. The summed E-state index contributed by atoms with van der Waals surface area (Å²) >= 11 is 0. The van der Waals surface area contributed by atoms with Gasteiger partial charge in [0.1, 0.15) is 13.2 Å². The molecule has 0 aliphatic carbocycles. The average Bonchev–Trinajstić information content (AvgIpc) is 3.03. The third-order valence-corrected chi connectivity index (χ3v) is 9.08. The molecule has 0 radical (unpaired) electrons. The van der Waals surface area contributed by atoms with Crippen molar-refractivity contribution in [3.05, 3.63) is 0 Å². The highest BCUT2D eigenvalue weighted by Gasteiger charge is 2.19. The number of carbonyl (C=O) groups is 3. The monoisotopic (exact) mass is 653 g/mol. The van der Waals surface area contributed by atoms with Gasteiger partial charge in [-0.1, -0.05) is 169 Å². The summed E-state index contributed by atoms with van der Waals surface area (Å²) in [6.45, 7) is 11.2. The van der Waals surface area contributed by atoms with Crippen molar-refractivity contribution in [3.63, 3.8) is 0 Å². The third kappa shape index (κ3) is 32.4. The molecule has 0 saturated heterocycles. The minimum atomic E-state index is -0.758. The van der Waals surface area contributed by atoms with Crippen LogP contribution in [0.4, 0.5) is 0 Å². The maximum Gasteiger partial charge on any atom is 0.306 e. The lowest BCUT2D eigenvalue weighted by Gasteiger charge is -2.18. The number of hydrogen-bond acceptors (Lipinski definition) is 6. The predicted octanol–water partition coefficient (Wildman–Crippen LogP) is 11.8. The first-order chi connectivity index (χ1) is 22.3. The molecule has 0 N–H and O–H groups in total. The van der Waals surface area contributed by atoms with Crippen molar-refractivity contribution >= 4 is 17.9 Å². The molecule has 0 aliphatic rings. The summed E-state index contributed by atoms with van der Waals surface area (Å²) in [6, 6.07) is 0. The maximum atomic E-state index is 12.5. The summed E-state index contributed by atoms with van der Waals surface area (Å²) in [4.78, 5) is 37.2. The number of ether oxygens (including phenoxy) is 3. The second-order valence-corrected chi connectivity index (χ2v) is 14.3. The molecule has 0 aromatic rings. The van der Waals surface area contributed by atoms with Gasteiger partial charge in [-0.25, -0.2) is 0 Å². The van der Waals surface area contributed by atoms with Crippen LogP contribution in [0.3, 0.4) is 0 Å². The summed E-state index contributed by atoms with van der Waals surface area (Å²) in [6.07, 6.45) is 28.4. The van der Waals surface area contributed by atoms with Crippen LogP contribution in [0.25, 0.3) is 0 Å². The molecule has 0 bridgehead atoms. The zero-order chi connectivity index (χ0) is 34.1. The van der Waals surface area contributed by atoms with Gasteiger partial charge in [0, 0.05) is 19.3 Å². The SMILES string of the molecule is CCCCCCCC(=O)OC[C@@H](COC(=O)CCCCCCCCCCCCC(C)CC)OC(=O)CCCCCCCCC(C)C. The van der Waals surface area contributed by atoms with Crippen LogP contribution < -0.4 is 0 Å². The Hall–Kier alpha value is -1.59. The Morgan fingerprint density at radius 2 is 0.826 bits per heavy atom. The molecule has 0 spiro atoms. The largest absolute Gasteiger partial charge is 0.462 e. The molecule has 0 fully saturated rings. The van der Waals surface area contributed by atoms with Gasteiger partial charge < -0.3 is 14.2 Å². The molecule has 0 amide bonds. The third-order valence-electron chi connectivity index (χ3n) is 9.08. The van der Waals surface area contributed by atoms with Crippen molar-refractivity contribution in [2.45, 2.75) is 214 Å². The first-order valence-electron chi connectivity index (χ1n) is 19.8. The summed E-state index contributed by atoms with van der Waals surface area (Å²) in [7, 11) is 0. The van der Waals surface area contributed by atoms with E-state index in [0.29, 0.717) is 19.3 Å². The van der Waals surface area contributed by atoms with E-state index >= 15 is 0 Å². The van der Waals surface area contributed by atoms with Crippen LogP contribution in [-0.2, 0) is 28.6 Å². The lowest BCUT2D eigenvalue weighted by atomic mass is 9.99. The normalized spacial score (nSPS) is 12.7. The summed E-state index contributed by atoms with van der Waals surface area (Å²) < 4.78 is 16.5. The minimum absolute atomic E-state index is 0.0679. The molecule has 6 heteroatoms. The first-order valence-corrected chi connectivity index (χ1v) is 19.8. The molecule has 46 heavy (non-hydrogen) atoms. The maximum absolute atomic E-state index is 12.5. The fourth-order valence-corrected chi connectivity index (χ4v) is 5.66. The van der Waals surface area contributed by atoms with E-state index in [4.69, 9.17) is 14.2 Å². The van der Waals surface area contributed by atoms with E-state index in [1.807, 2.05) is 0 Å². The zero-order valence-corrected chi connectivity index (χ0v) is 31.2. The van der Waals surface area contributed by atoms with E-state index in [-0.39, 0.29) is 31.1 Å². The summed E-state index contributed by atoms with van der Waals surface area (Å²) in [5.74, 6) is 0.744. The van der Waals surface area contributed by atoms with Crippen LogP contribution in [0, 0.1) is 11.8 Å². The molecule has 272 valence electrons. The second-order valence-electron chi connectivity index (χ2n) is 14.3. The molecular weight excluding hydrogens is 576 g/mol. The Morgan fingerprint density at radius 3 is 1.24 bits per heavy atom. The van der Waals surface area contributed by atoms with Crippen molar-refractivity contribution < 1.29 is 28.6 Å². The average molecular weight is 653 g/mol. The molecule has 1 unspecified atom stereocenters. The van der Waals surface area contributed by atoms with Crippen molar-refractivity contribution in [2.24, 2.45) is 11.8 Å². The van der Waals surface area contributed by atoms with Gasteiger partial charge in [0.15, 0.2) is 6.10 Å². The van der Waals surface area contributed by atoms with E-state index < -0.39 is 6.10 Å². The second kappa shape index (κ2) is 33.3. The van der Waals surface area contributed by atoms with Crippen LogP contribution in [0.5, 0.6) is 0 Å². The number of hydrogen-bond donors (Lipinski definition) is 0. The Balaban J connectivity index is 4.24. The standard InChI is InChI=1S/C40H76O6/c1-6-8-9-18-25-30-38(41)44-33-37(46-40(43)32-27-22-17-16-19-23-28-35(3)4)34-45-39(42)31-26-21-15-13-11-10-12-14-20-24-29-36(5)7-2/h35-37H,6-34H2,1-5H3/t36?,37-/m0/s1. The fraction of sp³-hybridized carbons (Fsp3) is 0.925. The van der Waals surface area contributed by atoms with Crippen molar-refractivity contribution in [3.8, 4) is 0 Å². The van der Waals surface area contributed by atoms with Gasteiger partial charge in [0.25, 0.3) is 0 Å². The van der Waals surface area contributed by atoms with E-state index in [1.54, 1.807) is 0 Å². The zero-order valence-electron chi connectivity index (χ0n) is 31.2. The fourth-order valence-electron chi connectivity index (χ4n) is 5.66. The lowest BCUT2D eigenvalue weighted by Crippen LogP contribution is -2.30. The van der Waals surface area contributed by atoms with Crippen LogP contribution in [0.15, 0.2) is 0 Å². The van der Waals surface area contributed by atoms with Crippen molar-refractivity contribution in [2.75, 3.05) is 13.2 Å². The molecule has 6 nitrogen and oxygen atoms in total. The first kappa shape index (κ1) is 44.4. The van der Waals surface area contributed by atoms with Gasteiger partial charge in [-0.15, -0.1) is 0 Å². The molecular formula is C40H76O6. The predicted molar refractivity (Wildman–Crippen MR) is 192 cm³/mol. The van der Waals surface area contributed by atoms with Gasteiger partial charge in [-0.05, 0) is 31.1 Å². The van der Waals surface area contributed by atoms with E-state index in [0.717, 1.165) is 76.0 Å². The quantitative estimate of drug-likeness (QED) is 0.0391. The Bertz CT molecular complexity index is 706. The highest BCUT2D eigenvalue weighted by atomic mass is 16.6. The molecule has 0 aliphatic heterocycles. The minimum Gasteiger partial charge on any atom is -0.462 e. The van der Waals surface area contributed by atoms with Crippen LogP contribution >= 0.6 is 0 Å². The van der Waals surface area contributed by atoms with Crippen LogP contribution in [0.1, 0.15) is 208 Å². The highest BCUT2D eigenvalue weighted by molar-refractivity contribution is 5.71. The van der Waals surface area contributed by atoms with Gasteiger partial charge in [0.05, 0.1) is 0 Å². The lowest BCUT2D eigenvalue weighted by molar-refractivity contribution is -0.167. The smallest absolute Gasteiger partial charge is 0.306 e. The van der Waals surface area contributed by atoms with E-state index in [1.165, 1.54) is 89.9 Å². The molecule has 0 heterocycles. The van der Waals surface area contributed by atoms with Gasteiger partial charge in [-0.2, -0.15) is 0 Å². The molecule has 2 atom stereocenters. The molecule has 0 aromatic carbocycles. The van der Waals surface area contributed by atoms with E-state index in [9.17, 15) is 14.4 Å². The van der Waals surface area contributed by atoms with Crippen LogP contribution in [-0.4, -0.2) is 37.2 Å². The number of unbranched alkanes of at least 4 members (excludes halogenated alkanes) is 18.